The van der Waals surface area contributed by atoms with Crippen LogP contribution >= 0.6 is 11.8 Å². The van der Waals surface area contributed by atoms with Crippen molar-refractivity contribution >= 4 is 45.7 Å². The number of nitrogens with zero attached hydrogens (tertiary/aromatic N) is 1. The number of esters is 1. The van der Waals surface area contributed by atoms with E-state index in [0.29, 0.717) is 17.1 Å². The predicted octanol–water partition coefficient (Wildman–Crippen LogP) is 3.46. The van der Waals surface area contributed by atoms with Crippen LogP contribution in [0.4, 0.5) is 4.79 Å². The molecule has 1 aliphatic rings. The summed E-state index contributed by atoms with van der Waals surface area (Å²) in [6, 6.07) is 9.27. The highest BCUT2D eigenvalue weighted by Gasteiger charge is 2.37. The maximum Gasteiger partial charge on any atom is 0.326 e. The van der Waals surface area contributed by atoms with Crippen molar-refractivity contribution in [1.82, 2.24) is 4.90 Å². The standard InChI is InChI=1S/C20H19NO6S/c1-4-27-18(22)11-21-19(23)17(28-20(21)24)10-15-14-9-13(25-2)7-5-12(14)6-8-16(15)26-3/h5-10H,4,11H2,1-3H3/b17-10+. The number of amides is 2. The van der Waals surface area contributed by atoms with Crippen molar-refractivity contribution < 1.29 is 28.6 Å². The van der Waals surface area contributed by atoms with Gasteiger partial charge in [0.2, 0.25) is 0 Å². The smallest absolute Gasteiger partial charge is 0.326 e. The van der Waals surface area contributed by atoms with Crippen LogP contribution in [0.2, 0.25) is 0 Å². The van der Waals surface area contributed by atoms with Crippen LogP contribution in [0, 0.1) is 0 Å². The fraction of sp³-hybridized carbons (Fsp3) is 0.250. The van der Waals surface area contributed by atoms with Gasteiger partial charge in [-0.25, -0.2) is 0 Å². The van der Waals surface area contributed by atoms with Gasteiger partial charge in [-0.2, -0.15) is 0 Å². The zero-order chi connectivity index (χ0) is 20.3. The van der Waals surface area contributed by atoms with E-state index in [9.17, 15) is 14.4 Å². The summed E-state index contributed by atoms with van der Waals surface area (Å²) < 4.78 is 15.6. The number of rotatable bonds is 6. The first-order chi connectivity index (χ1) is 13.5. The van der Waals surface area contributed by atoms with Crippen LogP contribution in [-0.4, -0.2) is 49.4 Å². The minimum atomic E-state index is -0.626. The molecule has 1 aliphatic heterocycles. The maximum absolute atomic E-state index is 12.7. The number of fused-ring (bicyclic) bond motifs is 1. The Morgan fingerprint density at radius 1 is 1.14 bits per heavy atom. The van der Waals surface area contributed by atoms with Gasteiger partial charge in [0.25, 0.3) is 11.1 Å². The molecule has 0 N–H and O–H groups in total. The van der Waals surface area contributed by atoms with Gasteiger partial charge in [0.1, 0.15) is 18.0 Å². The third-order valence-electron chi connectivity index (χ3n) is 4.19. The fourth-order valence-corrected chi connectivity index (χ4v) is 3.68. The second kappa shape index (κ2) is 8.35. The van der Waals surface area contributed by atoms with E-state index in [0.717, 1.165) is 27.4 Å². The van der Waals surface area contributed by atoms with Crippen molar-refractivity contribution in [2.24, 2.45) is 0 Å². The Morgan fingerprint density at radius 2 is 1.89 bits per heavy atom. The lowest BCUT2D eigenvalue weighted by atomic mass is 10.0. The van der Waals surface area contributed by atoms with Gasteiger partial charge in [-0.1, -0.05) is 12.1 Å². The second-order valence-electron chi connectivity index (χ2n) is 5.84. The molecular formula is C20H19NO6S. The molecule has 0 bridgehead atoms. The molecule has 0 unspecified atom stereocenters. The molecule has 0 spiro atoms. The molecule has 0 aromatic heterocycles. The summed E-state index contributed by atoms with van der Waals surface area (Å²) in [5.41, 5.74) is 0.653. The number of thioether (sulfide) groups is 1. The first-order valence-electron chi connectivity index (χ1n) is 8.54. The highest BCUT2D eigenvalue weighted by Crippen LogP contribution is 2.37. The Hall–Kier alpha value is -3.00. The zero-order valence-electron chi connectivity index (χ0n) is 15.7. The summed E-state index contributed by atoms with van der Waals surface area (Å²) in [6.45, 7) is 1.43. The van der Waals surface area contributed by atoms with E-state index in [1.165, 1.54) is 7.11 Å². The Labute approximate surface area is 166 Å². The van der Waals surface area contributed by atoms with Crippen molar-refractivity contribution in [3.8, 4) is 11.5 Å². The van der Waals surface area contributed by atoms with Gasteiger partial charge >= 0.3 is 5.97 Å². The van der Waals surface area contributed by atoms with Gasteiger partial charge in [-0.05, 0) is 53.7 Å². The number of methoxy groups -OCH3 is 2. The van der Waals surface area contributed by atoms with Crippen LogP contribution in [0.25, 0.3) is 16.8 Å². The van der Waals surface area contributed by atoms with Crippen molar-refractivity contribution in [3.63, 3.8) is 0 Å². The van der Waals surface area contributed by atoms with Crippen molar-refractivity contribution in [3.05, 3.63) is 40.8 Å². The molecule has 8 heteroatoms. The summed E-state index contributed by atoms with van der Waals surface area (Å²) in [5.74, 6) is 0.0484. The molecule has 0 atom stereocenters. The molecule has 28 heavy (non-hydrogen) atoms. The third-order valence-corrected chi connectivity index (χ3v) is 5.10. The van der Waals surface area contributed by atoms with Gasteiger partial charge in [-0.15, -0.1) is 0 Å². The summed E-state index contributed by atoms with van der Waals surface area (Å²) in [5, 5.41) is 1.23. The minimum Gasteiger partial charge on any atom is -0.497 e. The quantitative estimate of drug-likeness (QED) is 0.541. The predicted molar refractivity (Wildman–Crippen MR) is 106 cm³/mol. The van der Waals surface area contributed by atoms with Gasteiger partial charge in [0, 0.05) is 5.56 Å². The Bertz CT molecular complexity index is 979. The fourth-order valence-electron chi connectivity index (χ4n) is 2.86. The molecule has 2 aromatic carbocycles. The number of imide groups is 1. The van der Waals surface area contributed by atoms with E-state index in [1.54, 1.807) is 26.2 Å². The van der Waals surface area contributed by atoms with E-state index in [2.05, 4.69) is 0 Å². The van der Waals surface area contributed by atoms with Gasteiger partial charge < -0.3 is 14.2 Å². The number of carbonyl (C=O) groups excluding carboxylic acids is 3. The molecule has 1 fully saturated rings. The molecule has 7 nitrogen and oxygen atoms in total. The molecule has 0 radical (unpaired) electrons. The number of ether oxygens (including phenoxy) is 3. The van der Waals surface area contributed by atoms with Crippen LogP contribution in [0.3, 0.4) is 0 Å². The number of hydrogen-bond donors (Lipinski definition) is 0. The monoisotopic (exact) mass is 401 g/mol. The van der Waals surface area contributed by atoms with E-state index >= 15 is 0 Å². The van der Waals surface area contributed by atoms with Gasteiger partial charge in [0.15, 0.2) is 0 Å². The molecule has 146 valence electrons. The maximum atomic E-state index is 12.7. The third kappa shape index (κ3) is 3.82. The Balaban J connectivity index is 2.03. The lowest BCUT2D eigenvalue weighted by molar-refractivity contribution is -0.145. The summed E-state index contributed by atoms with van der Waals surface area (Å²) >= 11 is 0.778. The summed E-state index contributed by atoms with van der Waals surface area (Å²) in [6.07, 6.45) is 1.61. The van der Waals surface area contributed by atoms with Gasteiger partial charge in [-0.3, -0.25) is 19.3 Å². The van der Waals surface area contributed by atoms with Crippen molar-refractivity contribution in [2.45, 2.75) is 6.92 Å². The number of hydrogen-bond acceptors (Lipinski definition) is 7. The van der Waals surface area contributed by atoms with Crippen LogP contribution in [0.15, 0.2) is 35.2 Å². The van der Waals surface area contributed by atoms with E-state index in [1.807, 2.05) is 24.3 Å². The normalized spacial score (nSPS) is 15.4. The lowest BCUT2D eigenvalue weighted by Crippen LogP contribution is -2.34. The van der Waals surface area contributed by atoms with Crippen LogP contribution in [-0.2, 0) is 14.3 Å². The molecule has 2 aromatic rings. The van der Waals surface area contributed by atoms with Crippen LogP contribution < -0.4 is 9.47 Å². The molecule has 1 heterocycles. The first kappa shape index (κ1) is 19.8. The molecule has 3 rings (SSSR count). The first-order valence-corrected chi connectivity index (χ1v) is 9.35. The topological polar surface area (TPSA) is 82.1 Å². The molecule has 1 saturated heterocycles. The average molecular weight is 401 g/mol. The molecule has 0 aliphatic carbocycles. The van der Waals surface area contributed by atoms with Gasteiger partial charge in [0.05, 0.1) is 25.7 Å². The molecule has 0 saturated carbocycles. The van der Waals surface area contributed by atoms with E-state index < -0.39 is 23.7 Å². The van der Waals surface area contributed by atoms with E-state index in [4.69, 9.17) is 14.2 Å². The number of carbonyl (C=O) groups is 3. The summed E-state index contributed by atoms with van der Waals surface area (Å²) in [4.78, 5) is 37.6. The molecular weight excluding hydrogens is 382 g/mol. The van der Waals surface area contributed by atoms with Crippen LogP contribution in [0.5, 0.6) is 11.5 Å². The van der Waals surface area contributed by atoms with Crippen LogP contribution in [0.1, 0.15) is 12.5 Å². The number of benzene rings is 2. The second-order valence-corrected chi connectivity index (χ2v) is 6.83. The largest absolute Gasteiger partial charge is 0.497 e. The van der Waals surface area contributed by atoms with Crippen molar-refractivity contribution in [2.75, 3.05) is 27.4 Å². The zero-order valence-corrected chi connectivity index (χ0v) is 16.5. The van der Waals surface area contributed by atoms with E-state index in [-0.39, 0.29) is 11.5 Å². The summed E-state index contributed by atoms with van der Waals surface area (Å²) in [7, 11) is 3.10. The lowest BCUT2D eigenvalue weighted by Gasteiger charge is -2.12. The van der Waals surface area contributed by atoms with Crippen molar-refractivity contribution in [1.29, 1.82) is 0 Å². The average Bonchev–Trinajstić information content (AvgIpc) is 2.95. The molecule has 2 amide bonds. The minimum absolute atomic E-state index is 0.180. The highest BCUT2D eigenvalue weighted by molar-refractivity contribution is 8.18. The highest BCUT2D eigenvalue weighted by atomic mass is 32.2. The Morgan fingerprint density at radius 3 is 2.57 bits per heavy atom. The SMILES string of the molecule is CCOC(=O)CN1C(=O)S/C(=C/c2c(OC)ccc3ccc(OC)cc23)C1=O. The Kier molecular flexibility index (Phi) is 5.89.